The largest absolute Gasteiger partial charge is 0.351 e. The van der Waals surface area contributed by atoms with E-state index in [0.717, 1.165) is 11.8 Å². The van der Waals surface area contributed by atoms with Crippen molar-refractivity contribution >= 4 is 27.5 Å². The molecular weight excluding hydrogens is 300 g/mol. The van der Waals surface area contributed by atoms with Gasteiger partial charge in [-0.1, -0.05) is 30.7 Å². The highest BCUT2D eigenvalue weighted by Crippen LogP contribution is 2.09. The van der Waals surface area contributed by atoms with Crippen molar-refractivity contribution in [3.05, 3.63) is 34.9 Å². The molecule has 1 N–H and O–H groups in total. The van der Waals surface area contributed by atoms with Crippen molar-refractivity contribution in [2.24, 2.45) is 0 Å². The van der Waals surface area contributed by atoms with Gasteiger partial charge in [-0.3, -0.25) is 4.79 Å². The van der Waals surface area contributed by atoms with Crippen molar-refractivity contribution in [1.82, 2.24) is 9.62 Å². The summed E-state index contributed by atoms with van der Waals surface area (Å²) in [7, 11) is -3.36. The van der Waals surface area contributed by atoms with Crippen LogP contribution < -0.4 is 5.32 Å². The molecule has 0 aliphatic rings. The summed E-state index contributed by atoms with van der Waals surface area (Å²) in [5.74, 6) is -0.321. The minimum absolute atomic E-state index is 0.153. The van der Waals surface area contributed by atoms with E-state index in [1.54, 1.807) is 12.1 Å². The molecule has 1 aromatic rings. The molecule has 0 aliphatic heterocycles. The van der Waals surface area contributed by atoms with Gasteiger partial charge in [0.2, 0.25) is 15.9 Å². The maximum absolute atomic E-state index is 11.8. The van der Waals surface area contributed by atoms with Crippen LogP contribution in [-0.2, 0) is 21.4 Å². The molecule has 5 nitrogen and oxygen atoms in total. The van der Waals surface area contributed by atoms with Gasteiger partial charge in [0.1, 0.15) is 0 Å². The molecule has 7 heteroatoms. The van der Waals surface area contributed by atoms with Crippen LogP contribution in [0.2, 0.25) is 5.02 Å². The van der Waals surface area contributed by atoms with Gasteiger partial charge in [-0.2, -0.15) is 4.31 Å². The normalized spacial score (nSPS) is 11.6. The van der Waals surface area contributed by atoms with Gasteiger partial charge < -0.3 is 5.32 Å². The fourth-order valence-electron chi connectivity index (χ4n) is 1.63. The van der Waals surface area contributed by atoms with Crippen molar-refractivity contribution in [3.8, 4) is 0 Å². The van der Waals surface area contributed by atoms with Crippen molar-refractivity contribution in [1.29, 1.82) is 0 Å². The molecule has 0 saturated carbocycles. The molecule has 0 saturated heterocycles. The number of benzene rings is 1. The molecule has 0 spiro atoms. The summed E-state index contributed by atoms with van der Waals surface area (Å²) >= 11 is 5.77. The number of nitrogens with one attached hydrogen (secondary N) is 1. The van der Waals surface area contributed by atoms with Crippen molar-refractivity contribution in [3.63, 3.8) is 0 Å². The summed E-state index contributed by atoms with van der Waals surface area (Å²) in [6.45, 7) is 2.40. The Kier molecular flexibility index (Phi) is 6.45. The second kappa shape index (κ2) is 7.61. The number of sulfonamides is 1. The lowest BCUT2D eigenvalue weighted by molar-refractivity contribution is -0.121. The molecule has 1 rings (SSSR count). The van der Waals surface area contributed by atoms with E-state index >= 15 is 0 Å². The molecule has 0 radical (unpaired) electrons. The van der Waals surface area contributed by atoms with Crippen LogP contribution in [0.1, 0.15) is 18.9 Å². The van der Waals surface area contributed by atoms with Gasteiger partial charge in [-0.05, 0) is 24.1 Å². The fourth-order valence-corrected chi connectivity index (χ4v) is 2.62. The molecule has 0 fully saturated rings. The average molecular weight is 319 g/mol. The summed E-state index contributed by atoms with van der Waals surface area (Å²) in [5, 5.41) is 3.32. The summed E-state index contributed by atoms with van der Waals surface area (Å²) in [6, 6.07) is 7.10. The third kappa shape index (κ3) is 5.90. The molecule has 0 heterocycles. The van der Waals surface area contributed by atoms with E-state index in [4.69, 9.17) is 11.6 Å². The Labute approximate surface area is 125 Å². The topological polar surface area (TPSA) is 66.5 Å². The lowest BCUT2D eigenvalue weighted by Gasteiger charge is -2.18. The average Bonchev–Trinajstić information content (AvgIpc) is 2.36. The lowest BCUT2D eigenvalue weighted by Crippen LogP contribution is -2.40. The van der Waals surface area contributed by atoms with Gasteiger partial charge in [-0.15, -0.1) is 0 Å². The Morgan fingerprint density at radius 2 is 1.90 bits per heavy atom. The second-order valence-electron chi connectivity index (χ2n) is 4.50. The smallest absolute Gasteiger partial charge is 0.235 e. The van der Waals surface area contributed by atoms with E-state index in [0.29, 0.717) is 24.5 Å². The Balaban J connectivity index is 2.52. The SMILES string of the molecule is CCCN(CC(=O)NCc1ccc(Cl)cc1)S(C)(=O)=O. The first-order valence-electron chi connectivity index (χ1n) is 6.29. The van der Waals surface area contributed by atoms with E-state index in [2.05, 4.69) is 5.32 Å². The number of rotatable bonds is 7. The molecule has 20 heavy (non-hydrogen) atoms. The van der Waals surface area contributed by atoms with E-state index in [-0.39, 0.29) is 12.5 Å². The van der Waals surface area contributed by atoms with E-state index in [1.165, 1.54) is 4.31 Å². The zero-order valence-corrected chi connectivity index (χ0v) is 13.2. The number of carbonyl (C=O) groups excluding carboxylic acids is 1. The highest BCUT2D eigenvalue weighted by Gasteiger charge is 2.18. The van der Waals surface area contributed by atoms with E-state index in [9.17, 15) is 13.2 Å². The maximum atomic E-state index is 11.8. The van der Waals surface area contributed by atoms with Gasteiger partial charge in [-0.25, -0.2) is 8.42 Å². The third-order valence-corrected chi connectivity index (χ3v) is 4.17. The van der Waals surface area contributed by atoms with Crippen LogP contribution >= 0.6 is 11.6 Å². The van der Waals surface area contributed by atoms with Crippen molar-refractivity contribution < 1.29 is 13.2 Å². The maximum Gasteiger partial charge on any atom is 0.235 e. The molecular formula is C13H19ClN2O3S. The Bertz CT molecular complexity index is 543. The van der Waals surface area contributed by atoms with Crippen LogP contribution in [0.25, 0.3) is 0 Å². The fraction of sp³-hybridized carbons (Fsp3) is 0.462. The Hall–Kier alpha value is -1.11. The zero-order chi connectivity index (χ0) is 15.2. The first-order chi connectivity index (χ1) is 9.32. The standard InChI is InChI=1S/C13H19ClN2O3S/c1-3-8-16(20(2,18)19)10-13(17)15-9-11-4-6-12(14)7-5-11/h4-7H,3,8-10H2,1-2H3,(H,15,17). The second-order valence-corrected chi connectivity index (χ2v) is 6.92. The van der Waals surface area contributed by atoms with E-state index in [1.807, 2.05) is 19.1 Å². The predicted octanol–water partition coefficient (Wildman–Crippen LogP) is 1.63. The minimum atomic E-state index is -3.36. The molecule has 0 aliphatic carbocycles. The molecule has 1 amide bonds. The highest BCUT2D eigenvalue weighted by atomic mass is 35.5. The monoisotopic (exact) mass is 318 g/mol. The number of amides is 1. The van der Waals surface area contributed by atoms with Crippen LogP contribution in [0, 0.1) is 0 Å². The van der Waals surface area contributed by atoms with Gasteiger partial charge in [0.15, 0.2) is 0 Å². The summed E-state index contributed by atoms with van der Waals surface area (Å²) in [6.07, 6.45) is 1.77. The van der Waals surface area contributed by atoms with Gasteiger partial charge in [0, 0.05) is 18.1 Å². The Morgan fingerprint density at radius 1 is 1.30 bits per heavy atom. The Morgan fingerprint density at radius 3 is 2.40 bits per heavy atom. The van der Waals surface area contributed by atoms with Crippen LogP contribution in [0.5, 0.6) is 0 Å². The highest BCUT2D eigenvalue weighted by molar-refractivity contribution is 7.88. The summed E-state index contributed by atoms with van der Waals surface area (Å²) in [5.41, 5.74) is 0.907. The minimum Gasteiger partial charge on any atom is -0.351 e. The predicted molar refractivity (Wildman–Crippen MR) is 80.0 cm³/mol. The van der Waals surface area contributed by atoms with E-state index < -0.39 is 10.0 Å². The lowest BCUT2D eigenvalue weighted by atomic mass is 10.2. The van der Waals surface area contributed by atoms with Gasteiger partial charge in [0.05, 0.1) is 12.8 Å². The first kappa shape index (κ1) is 16.9. The number of hydrogen-bond donors (Lipinski definition) is 1. The summed E-state index contributed by atoms with van der Waals surface area (Å²) in [4.78, 5) is 11.8. The molecule has 112 valence electrons. The summed E-state index contributed by atoms with van der Waals surface area (Å²) < 4.78 is 24.2. The number of carbonyl (C=O) groups is 1. The molecule has 0 bridgehead atoms. The van der Waals surface area contributed by atoms with Gasteiger partial charge in [0.25, 0.3) is 0 Å². The molecule has 1 aromatic carbocycles. The van der Waals surface area contributed by atoms with Crippen molar-refractivity contribution in [2.75, 3.05) is 19.3 Å². The quantitative estimate of drug-likeness (QED) is 0.831. The van der Waals surface area contributed by atoms with Crippen LogP contribution in [-0.4, -0.2) is 38.0 Å². The first-order valence-corrected chi connectivity index (χ1v) is 8.52. The van der Waals surface area contributed by atoms with Crippen LogP contribution in [0.15, 0.2) is 24.3 Å². The number of halogens is 1. The molecule has 0 atom stereocenters. The third-order valence-electron chi connectivity index (χ3n) is 2.66. The van der Waals surface area contributed by atoms with Crippen LogP contribution in [0.3, 0.4) is 0 Å². The van der Waals surface area contributed by atoms with Gasteiger partial charge >= 0.3 is 0 Å². The molecule has 0 unspecified atom stereocenters. The van der Waals surface area contributed by atoms with Crippen LogP contribution in [0.4, 0.5) is 0 Å². The number of nitrogens with zero attached hydrogens (tertiary/aromatic N) is 1. The zero-order valence-electron chi connectivity index (χ0n) is 11.6. The molecule has 0 aromatic heterocycles. The van der Waals surface area contributed by atoms with Crippen molar-refractivity contribution in [2.45, 2.75) is 19.9 Å². The number of hydrogen-bond acceptors (Lipinski definition) is 3.